The highest BCUT2D eigenvalue weighted by molar-refractivity contribution is 7.90. The van der Waals surface area contributed by atoms with Gasteiger partial charge in [-0.15, -0.1) is 0 Å². The molecule has 1 aliphatic heterocycles. The number of hydrogen-bond donors (Lipinski definition) is 2. The minimum Gasteiger partial charge on any atom is -0.325 e. The molecule has 4 amide bonds. The van der Waals surface area contributed by atoms with Crippen LogP contribution in [0, 0.1) is 23.7 Å². The van der Waals surface area contributed by atoms with Crippen LogP contribution in [0.15, 0.2) is 41.3 Å². The number of carbonyl (C=O) groups excluding carboxylic acids is 4. The first-order chi connectivity index (χ1) is 13.7. The van der Waals surface area contributed by atoms with Crippen LogP contribution < -0.4 is 10.0 Å². The normalized spacial score (nSPS) is 27.3. The van der Waals surface area contributed by atoms with Crippen LogP contribution in [0.5, 0.6) is 0 Å². The molecule has 2 fully saturated rings. The van der Waals surface area contributed by atoms with Crippen LogP contribution in [0.1, 0.15) is 13.3 Å². The summed E-state index contributed by atoms with van der Waals surface area (Å²) in [6, 6.07) is 5.19. The SMILES string of the molecule is CC(=O)NS(=O)(=O)c1ccc(NC(=O)CN2C(=O)[C@@H]3[C@H](C2=O)[C@@H]2C=C[C@H]3C2)cc1. The van der Waals surface area contributed by atoms with Crippen molar-refractivity contribution < 1.29 is 27.6 Å². The van der Waals surface area contributed by atoms with Gasteiger partial charge in [-0.2, -0.15) is 0 Å². The van der Waals surface area contributed by atoms with E-state index < -0.39 is 21.8 Å². The summed E-state index contributed by atoms with van der Waals surface area (Å²) in [6.45, 7) is 0.707. The third-order valence-corrected chi connectivity index (χ3v) is 7.04. The molecular weight excluding hydrogens is 398 g/mol. The monoisotopic (exact) mass is 417 g/mol. The summed E-state index contributed by atoms with van der Waals surface area (Å²) in [5.74, 6) is -2.43. The highest BCUT2D eigenvalue weighted by atomic mass is 32.2. The van der Waals surface area contributed by atoms with E-state index in [1.54, 1.807) is 0 Å². The minimum absolute atomic E-state index is 0.0765. The second-order valence-corrected chi connectivity index (χ2v) is 9.18. The van der Waals surface area contributed by atoms with E-state index in [2.05, 4.69) is 5.32 Å². The van der Waals surface area contributed by atoms with E-state index in [1.807, 2.05) is 16.9 Å². The molecule has 2 N–H and O–H groups in total. The Labute approximate surface area is 167 Å². The molecule has 0 unspecified atom stereocenters. The molecule has 29 heavy (non-hydrogen) atoms. The maximum Gasteiger partial charge on any atom is 0.264 e. The lowest BCUT2D eigenvalue weighted by Gasteiger charge is -2.17. The third kappa shape index (κ3) is 3.33. The predicted octanol–water partition coefficient (Wildman–Crippen LogP) is 0.257. The summed E-state index contributed by atoms with van der Waals surface area (Å²) >= 11 is 0. The van der Waals surface area contributed by atoms with Gasteiger partial charge in [0, 0.05) is 12.6 Å². The van der Waals surface area contributed by atoms with Gasteiger partial charge in [-0.1, -0.05) is 12.2 Å². The van der Waals surface area contributed by atoms with Gasteiger partial charge in [0.25, 0.3) is 10.0 Å². The van der Waals surface area contributed by atoms with Gasteiger partial charge in [-0.3, -0.25) is 24.1 Å². The number of hydrogen-bond acceptors (Lipinski definition) is 6. The number of benzene rings is 1. The van der Waals surface area contributed by atoms with E-state index in [0.717, 1.165) is 18.2 Å². The molecule has 3 aliphatic rings. The van der Waals surface area contributed by atoms with Crippen LogP contribution >= 0.6 is 0 Å². The summed E-state index contributed by atoms with van der Waals surface area (Å²) in [6.07, 6.45) is 4.79. The zero-order valence-electron chi connectivity index (χ0n) is 15.5. The Balaban J connectivity index is 1.40. The van der Waals surface area contributed by atoms with Crippen molar-refractivity contribution in [2.45, 2.75) is 18.2 Å². The average molecular weight is 417 g/mol. The largest absolute Gasteiger partial charge is 0.325 e. The van der Waals surface area contributed by atoms with Crippen molar-refractivity contribution >= 4 is 39.3 Å². The second-order valence-electron chi connectivity index (χ2n) is 7.50. The van der Waals surface area contributed by atoms with E-state index >= 15 is 0 Å². The summed E-state index contributed by atoms with van der Waals surface area (Å²) in [4.78, 5) is 49.4. The first kappa shape index (κ1) is 19.3. The molecule has 1 saturated carbocycles. The lowest BCUT2D eigenvalue weighted by atomic mass is 9.85. The van der Waals surface area contributed by atoms with Crippen LogP contribution in [0.3, 0.4) is 0 Å². The van der Waals surface area contributed by atoms with Crippen molar-refractivity contribution in [3.63, 3.8) is 0 Å². The number of imide groups is 1. The lowest BCUT2D eigenvalue weighted by Crippen LogP contribution is -2.39. The van der Waals surface area contributed by atoms with Crippen molar-refractivity contribution in [2.24, 2.45) is 23.7 Å². The first-order valence-corrected chi connectivity index (χ1v) is 10.6. The van der Waals surface area contributed by atoms with Gasteiger partial charge in [0.05, 0.1) is 16.7 Å². The summed E-state index contributed by atoms with van der Waals surface area (Å²) in [5.41, 5.74) is 0.304. The Bertz CT molecular complexity index is 1020. The molecule has 1 aromatic carbocycles. The molecule has 1 aromatic rings. The molecule has 1 saturated heterocycles. The maximum absolute atomic E-state index is 12.6. The number of rotatable bonds is 5. The number of carbonyl (C=O) groups is 4. The van der Waals surface area contributed by atoms with Gasteiger partial charge in [0.15, 0.2) is 0 Å². The Morgan fingerprint density at radius 1 is 1.03 bits per heavy atom. The first-order valence-electron chi connectivity index (χ1n) is 9.14. The van der Waals surface area contributed by atoms with E-state index in [4.69, 9.17) is 0 Å². The molecule has 1 heterocycles. The summed E-state index contributed by atoms with van der Waals surface area (Å²) in [7, 11) is -3.97. The number of anilines is 1. The van der Waals surface area contributed by atoms with E-state index in [9.17, 15) is 27.6 Å². The van der Waals surface area contributed by atoms with Gasteiger partial charge < -0.3 is 5.32 Å². The van der Waals surface area contributed by atoms with Crippen LogP contribution in [0.2, 0.25) is 0 Å². The van der Waals surface area contributed by atoms with Crippen molar-refractivity contribution in [3.8, 4) is 0 Å². The van der Waals surface area contributed by atoms with Crippen LogP contribution in [-0.4, -0.2) is 43.5 Å². The quantitative estimate of drug-likeness (QED) is 0.522. The van der Waals surface area contributed by atoms with E-state index in [-0.39, 0.29) is 46.9 Å². The van der Waals surface area contributed by atoms with Gasteiger partial charge in [0.1, 0.15) is 6.54 Å². The molecule has 0 radical (unpaired) electrons. The topological polar surface area (TPSA) is 130 Å². The number of likely N-dealkylation sites (tertiary alicyclic amines) is 1. The fraction of sp³-hybridized carbons (Fsp3) is 0.368. The summed E-state index contributed by atoms with van der Waals surface area (Å²) in [5, 5.41) is 2.55. The number of sulfonamides is 1. The highest BCUT2D eigenvalue weighted by Crippen LogP contribution is 2.52. The third-order valence-electron chi connectivity index (χ3n) is 5.59. The number of allylic oxidation sites excluding steroid dienone is 2. The van der Waals surface area contributed by atoms with Gasteiger partial charge in [0.2, 0.25) is 23.6 Å². The molecule has 0 spiro atoms. The number of nitrogens with one attached hydrogen (secondary N) is 2. The minimum atomic E-state index is -3.97. The molecule has 0 aromatic heterocycles. The van der Waals surface area contributed by atoms with E-state index in [1.165, 1.54) is 24.3 Å². The smallest absolute Gasteiger partial charge is 0.264 e. The Morgan fingerprint density at radius 3 is 2.10 bits per heavy atom. The highest BCUT2D eigenvalue weighted by Gasteiger charge is 2.59. The zero-order chi connectivity index (χ0) is 20.9. The fourth-order valence-electron chi connectivity index (χ4n) is 4.43. The fourth-order valence-corrected chi connectivity index (χ4v) is 5.42. The molecule has 4 rings (SSSR count). The molecule has 9 nitrogen and oxygen atoms in total. The Morgan fingerprint density at radius 2 is 1.59 bits per heavy atom. The number of nitrogens with zero attached hydrogens (tertiary/aromatic N) is 1. The van der Waals surface area contributed by atoms with Crippen molar-refractivity contribution in [1.82, 2.24) is 9.62 Å². The molecule has 4 atom stereocenters. The van der Waals surface area contributed by atoms with E-state index in [0.29, 0.717) is 5.69 Å². The zero-order valence-corrected chi connectivity index (χ0v) is 16.3. The molecule has 152 valence electrons. The lowest BCUT2D eigenvalue weighted by molar-refractivity contribution is -0.143. The van der Waals surface area contributed by atoms with Crippen molar-refractivity contribution in [3.05, 3.63) is 36.4 Å². The standard InChI is InChI=1S/C19H19N3O6S/c1-10(23)21-29(27,28)14-6-4-13(5-7-14)20-15(24)9-22-18(25)16-11-2-3-12(8-11)17(16)19(22)26/h2-7,11-12,16-17H,8-9H2,1H3,(H,20,24)(H,21,23)/t11-,12+,16-,17+. The molecule has 10 heteroatoms. The van der Waals surface area contributed by atoms with Gasteiger partial charge >= 0.3 is 0 Å². The summed E-state index contributed by atoms with van der Waals surface area (Å²) < 4.78 is 25.7. The maximum atomic E-state index is 12.6. The molecular formula is C19H19N3O6S. The van der Waals surface area contributed by atoms with Crippen LogP contribution in [-0.2, 0) is 29.2 Å². The van der Waals surface area contributed by atoms with Gasteiger partial charge in [-0.25, -0.2) is 13.1 Å². The Hall–Kier alpha value is -3.01. The molecule has 2 aliphatic carbocycles. The van der Waals surface area contributed by atoms with Gasteiger partial charge in [-0.05, 0) is 42.5 Å². The van der Waals surface area contributed by atoms with Crippen molar-refractivity contribution in [2.75, 3.05) is 11.9 Å². The van der Waals surface area contributed by atoms with Crippen LogP contribution in [0.25, 0.3) is 0 Å². The second kappa shape index (κ2) is 6.80. The van der Waals surface area contributed by atoms with Crippen molar-refractivity contribution in [1.29, 1.82) is 0 Å². The average Bonchev–Trinajstić information content (AvgIpc) is 3.31. The predicted molar refractivity (Wildman–Crippen MR) is 101 cm³/mol. The van der Waals surface area contributed by atoms with Crippen LogP contribution in [0.4, 0.5) is 5.69 Å². The number of amides is 4. The number of fused-ring (bicyclic) bond motifs is 5. The molecule has 2 bridgehead atoms. The Kier molecular flexibility index (Phi) is 4.53.